The van der Waals surface area contributed by atoms with Crippen LogP contribution in [0, 0.1) is 11.6 Å². The minimum atomic E-state index is -1.26. The van der Waals surface area contributed by atoms with Crippen LogP contribution in [0.5, 0.6) is 0 Å². The second-order valence-electron chi connectivity index (χ2n) is 5.15. The summed E-state index contributed by atoms with van der Waals surface area (Å²) in [6, 6.07) is 4.28. The van der Waals surface area contributed by atoms with Crippen molar-refractivity contribution >= 4 is 22.8 Å². The van der Waals surface area contributed by atoms with Crippen molar-refractivity contribution in [3.63, 3.8) is 0 Å². The zero-order chi connectivity index (χ0) is 18.3. The van der Waals surface area contributed by atoms with Crippen molar-refractivity contribution in [3.8, 4) is 0 Å². The Labute approximate surface area is 137 Å². The van der Waals surface area contributed by atoms with E-state index >= 15 is 0 Å². The smallest absolute Gasteiger partial charge is 0.328 e. The number of hydrogen-bond donors (Lipinski definition) is 2. The van der Waals surface area contributed by atoms with Crippen LogP contribution in [-0.2, 0) is 16.1 Å². The van der Waals surface area contributed by atoms with Crippen LogP contribution in [0.4, 0.5) is 8.78 Å². The van der Waals surface area contributed by atoms with Crippen LogP contribution >= 0.6 is 0 Å². The minimum absolute atomic E-state index is 0.558. The number of carbonyl (C=O) groups is 2. The van der Waals surface area contributed by atoms with Gasteiger partial charge in [-0.1, -0.05) is 0 Å². The van der Waals surface area contributed by atoms with Crippen molar-refractivity contribution in [1.82, 2.24) is 9.47 Å². The second kappa shape index (κ2) is 8.78. The summed E-state index contributed by atoms with van der Waals surface area (Å²) in [5.41, 5.74) is 0.737. The molecule has 0 saturated carbocycles. The average molecular weight is 340 g/mol. The quantitative estimate of drug-likeness (QED) is 0.816. The number of hydrogen-bond acceptors (Lipinski definition) is 3. The number of carboxylic acid groups (broad SMARTS) is 2. The topological polar surface area (TPSA) is 82.8 Å². The van der Waals surface area contributed by atoms with Gasteiger partial charge in [0.1, 0.15) is 0 Å². The number of carboxylic acids is 2. The standard InChI is InChI=1S/C12H14F2N2.C4H4O4/c1-15(2)5-6-16-4-3-9-7-10(13)11(14)8-12(9)16;5-3(6)1-2-4(7)8/h3-4,7-8H,5-6H2,1-2H3;1-2H,(H,5,6)(H,7,8)/b;2-1+. The van der Waals surface area contributed by atoms with Crippen molar-refractivity contribution in [3.05, 3.63) is 48.2 Å². The summed E-state index contributed by atoms with van der Waals surface area (Å²) in [6.07, 6.45) is 2.97. The van der Waals surface area contributed by atoms with E-state index < -0.39 is 23.6 Å². The third-order valence-corrected chi connectivity index (χ3v) is 2.97. The summed E-state index contributed by atoms with van der Waals surface area (Å²) in [7, 11) is 3.96. The van der Waals surface area contributed by atoms with Gasteiger partial charge in [-0.3, -0.25) is 0 Å². The first kappa shape index (κ1) is 19.3. The minimum Gasteiger partial charge on any atom is -0.478 e. The average Bonchev–Trinajstić information content (AvgIpc) is 2.86. The normalized spacial score (nSPS) is 10.9. The Bertz CT molecular complexity index is 738. The zero-order valence-electron chi connectivity index (χ0n) is 13.2. The summed E-state index contributed by atoms with van der Waals surface area (Å²) in [5, 5.41) is 16.4. The third-order valence-electron chi connectivity index (χ3n) is 2.97. The first-order valence-electron chi connectivity index (χ1n) is 6.93. The third kappa shape index (κ3) is 6.17. The highest BCUT2D eigenvalue weighted by Gasteiger charge is 2.07. The summed E-state index contributed by atoms with van der Waals surface area (Å²) >= 11 is 0. The van der Waals surface area contributed by atoms with Gasteiger partial charge in [-0.05, 0) is 26.2 Å². The number of likely N-dealkylation sites (N-methyl/N-ethyl adjacent to an activating group) is 1. The fourth-order valence-corrected chi connectivity index (χ4v) is 1.83. The van der Waals surface area contributed by atoms with Crippen LogP contribution in [0.2, 0.25) is 0 Å². The van der Waals surface area contributed by atoms with Crippen molar-refractivity contribution in [2.75, 3.05) is 20.6 Å². The first-order valence-corrected chi connectivity index (χ1v) is 6.93. The van der Waals surface area contributed by atoms with Crippen molar-refractivity contribution in [2.24, 2.45) is 0 Å². The van der Waals surface area contributed by atoms with E-state index in [9.17, 15) is 18.4 Å². The van der Waals surface area contributed by atoms with E-state index in [0.29, 0.717) is 12.2 Å². The molecule has 2 N–H and O–H groups in total. The molecule has 0 aliphatic heterocycles. The molecule has 24 heavy (non-hydrogen) atoms. The Kier molecular flexibility index (Phi) is 7.06. The molecule has 0 atom stereocenters. The van der Waals surface area contributed by atoms with Crippen molar-refractivity contribution in [1.29, 1.82) is 0 Å². The lowest BCUT2D eigenvalue weighted by Gasteiger charge is -2.11. The maximum absolute atomic E-state index is 13.1. The van der Waals surface area contributed by atoms with Gasteiger partial charge in [0.2, 0.25) is 0 Å². The molecular formula is C16H18F2N2O4. The van der Waals surface area contributed by atoms with E-state index in [1.54, 1.807) is 6.07 Å². The maximum Gasteiger partial charge on any atom is 0.328 e. The van der Waals surface area contributed by atoms with Gasteiger partial charge >= 0.3 is 11.9 Å². The summed E-state index contributed by atoms with van der Waals surface area (Å²) in [5.74, 6) is -4.10. The van der Waals surface area contributed by atoms with Gasteiger partial charge in [0, 0.05) is 42.9 Å². The molecule has 0 fully saturated rings. The van der Waals surface area contributed by atoms with Gasteiger partial charge in [-0.2, -0.15) is 0 Å². The van der Waals surface area contributed by atoms with Gasteiger partial charge < -0.3 is 19.7 Å². The van der Waals surface area contributed by atoms with Gasteiger partial charge in [-0.15, -0.1) is 0 Å². The van der Waals surface area contributed by atoms with E-state index in [0.717, 1.165) is 24.0 Å². The number of halogens is 2. The largest absolute Gasteiger partial charge is 0.478 e. The number of benzene rings is 1. The molecule has 0 saturated heterocycles. The van der Waals surface area contributed by atoms with Gasteiger partial charge in [0.25, 0.3) is 0 Å². The lowest BCUT2D eigenvalue weighted by atomic mass is 10.2. The van der Waals surface area contributed by atoms with Crippen molar-refractivity contribution in [2.45, 2.75) is 6.54 Å². The van der Waals surface area contributed by atoms with E-state index in [4.69, 9.17) is 10.2 Å². The molecule has 0 spiro atoms. The predicted molar refractivity (Wildman–Crippen MR) is 84.8 cm³/mol. The second-order valence-corrected chi connectivity index (χ2v) is 5.15. The summed E-state index contributed by atoms with van der Waals surface area (Å²) in [4.78, 5) is 21.2. The summed E-state index contributed by atoms with van der Waals surface area (Å²) < 4.78 is 28.0. The number of nitrogens with zero attached hydrogens (tertiary/aromatic N) is 2. The molecule has 2 rings (SSSR count). The molecule has 1 heterocycles. The Morgan fingerprint density at radius 2 is 1.67 bits per heavy atom. The fourth-order valence-electron chi connectivity index (χ4n) is 1.83. The fraction of sp³-hybridized carbons (Fsp3) is 0.250. The molecule has 0 unspecified atom stereocenters. The van der Waals surface area contributed by atoms with E-state index in [2.05, 4.69) is 0 Å². The van der Waals surface area contributed by atoms with Gasteiger partial charge in [-0.25, -0.2) is 18.4 Å². The predicted octanol–water partition coefficient (Wildman–Crippen LogP) is 2.19. The number of rotatable bonds is 5. The van der Waals surface area contributed by atoms with Crippen LogP contribution in [0.3, 0.4) is 0 Å². The molecule has 130 valence electrons. The van der Waals surface area contributed by atoms with E-state index in [-0.39, 0.29) is 0 Å². The molecule has 1 aromatic heterocycles. The number of aliphatic carboxylic acids is 2. The van der Waals surface area contributed by atoms with Gasteiger partial charge in [0.15, 0.2) is 11.6 Å². The highest BCUT2D eigenvalue weighted by Crippen LogP contribution is 2.19. The number of aromatic nitrogens is 1. The monoisotopic (exact) mass is 340 g/mol. The zero-order valence-corrected chi connectivity index (χ0v) is 13.2. The molecule has 0 radical (unpaired) electrons. The van der Waals surface area contributed by atoms with E-state index in [1.165, 1.54) is 12.1 Å². The van der Waals surface area contributed by atoms with Gasteiger partial charge in [0.05, 0.1) is 5.52 Å². The summed E-state index contributed by atoms with van der Waals surface area (Å²) in [6.45, 7) is 1.63. The van der Waals surface area contributed by atoms with Crippen LogP contribution < -0.4 is 0 Å². The number of fused-ring (bicyclic) bond motifs is 1. The molecule has 0 amide bonds. The molecule has 1 aromatic carbocycles. The van der Waals surface area contributed by atoms with Crippen LogP contribution in [0.15, 0.2) is 36.5 Å². The van der Waals surface area contributed by atoms with Crippen molar-refractivity contribution < 1.29 is 28.6 Å². The SMILES string of the molecule is CN(C)CCn1ccc2cc(F)c(F)cc21.O=C(O)/C=C/C(=O)O. The molecule has 6 nitrogen and oxygen atoms in total. The molecule has 0 bridgehead atoms. The lowest BCUT2D eigenvalue weighted by Crippen LogP contribution is -2.17. The van der Waals surface area contributed by atoms with Crippen LogP contribution in [0.1, 0.15) is 0 Å². The Hall–Kier alpha value is -2.74. The molecule has 0 aliphatic carbocycles. The van der Waals surface area contributed by atoms with Crippen LogP contribution in [-0.4, -0.2) is 52.3 Å². The highest BCUT2D eigenvalue weighted by molar-refractivity contribution is 5.89. The molecular weight excluding hydrogens is 322 g/mol. The first-order chi connectivity index (χ1) is 11.2. The maximum atomic E-state index is 13.1. The van der Waals surface area contributed by atoms with Crippen LogP contribution in [0.25, 0.3) is 10.9 Å². The van der Waals surface area contributed by atoms with E-state index in [1.807, 2.05) is 29.8 Å². The Morgan fingerprint density at radius 3 is 2.17 bits per heavy atom. The lowest BCUT2D eigenvalue weighted by molar-refractivity contribution is -0.134. The Balaban J connectivity index is 0.000000307. The molecule has 8 heteroatoms. The molecule has 0 aliphatic rings. The molecule has 2 aromatic rings. The highest BCUT2D eigenvalue weighted by atomic mass is 19.2. The Morgan fingerprint density at radius 1 is 1.12 bits per heavy atom.